The van der Waals surface area contributed by atoms with E-state index in [0.717, 1.165) is 6.07 Å². The van der Waals surface area contributed by atoms with Crippen molar-refractivity contribution in [2.24, 2.45) is 5.73 Å². The molecule has 0 aliphatic rings. The molecule has 0 heterocycles. The zero-order valence-corrected chi connectivity index (χ0v) is 7.77. The van der Waals surface area contributed by atoms with Crippen molar-refractivity contribution < 1.29 is 19.4 Å². The van der Waals surface area contributed by atoms with Gasteiger partial charge >= 0.3 is 5.97 Å². The smallest absolute Gasteiger partial charge is 0.340 e. The number of hydrogen-bond donors (Lipinski definition) is 3. The maximum atomic E-state index is 11.3. The molecule has 1 amide bonds. The van der Waals surface area contributed by atoms with E-state index in [9.17, 15) is 9.59 Å². The minimum Gasteiger partial charge on any atom is -0.508 e. The average molecular weight is 210 g/mol. The Bertz CT molecular complexity index is 403. The van der Waals surface area contributed by atoms with Gasteiger partial charge < -0.3 is 21.3 Å². The highest BCUT2D eigenvalue weighted by molar-refractivity contribution is 5.96. The predicted octanol–water partition coefficient (Wildman–Crippen LogP) is -0.384. The molecule has 0 unspecified atom stereocenters. The molecule has 0 aliphatic heterocycles. The van der Waals surface area contributed by atoms with Crippen LogP contribution < -0.4 is 11.5 Å². The van der Waals surface area contributed by atoms with Crippen LogP contribution in [0.2, 0.25) is 0 Å². The fraction of sp³-hybridized carbons (Fsp3) is 0.111. The van der Waals surface area contributed by atoms with Gasteiger partial charge in [-0.25, -0.2) is 4.79 Å². The quantitative estimate of drug-likeness (QED) is 0.357. The van der Waals surface area contributed by atoms with Gasteiger partial charge in [-0.1, -0.05) is 0 Å². The van der Waals surface area contributed by atoms with Crippen LogP contribution in [-0.2, 0) is 9.53 Å². The molecule has 0 atom stereocenters. The first kappa shape index (κ1) is 10.8. The maximum Gasteiger partial charge on any atom is 0.340 e. The summed E-state index contributed by atoms with van der Waals surface area (Å²) in [6, 6.07) is 3.84. The second-order valence-corrected chi connectivity index (χ2v) is 2.81. The Morgan fingerprint density at radius 2 is 2.07 bits per heavy atom. The van der Waals surface area contributed by atoms with Gasteiger partial charge in [-0.05, 0) is 18.2 Å². The second kappa shape index (κ2) is 4.32. The number of benzene rings is 1. The molecular formula is C9H10N2O4. The molecule has 0 bridgehead atoms. The monoisotopic (exact) mass is 210 g/mol. The molecular weight excluding hydrogens is 200 g/mol. The Balaban J connectivity index is 2.81. The van der Waals surface area contributed by atoms with Crippen LogP contribution in [0.1, 0.15) is 10.4 Å². The van der Waals surface area contributed by atoms with Crippen molar-refractivity contribution in [1.29, 1.82) is 0 Å². The SMILES string of the molecule is NC(=O)COC(=O)c1cc(O)ccc1N. The third kappa shape index (κ3) is 2.87. The Kier molecular flexibility index (Phi) is 3.12. The fourth-order valence-electron chi connectivity index (χ4n) is 0.935. The topological polar surface area (TPSA) is 116 Å². The third-order valence-electron chi connectivity index (χ3n) is 1.60. The van der Waals surface area contributed by atoms with Gasteiger partial charge in [0.25, 0.3) is 5.91 Å². The van der Waals surface area contributed by atoms with E-state index in [-0.39, 0.29) is 17.0 Å². The van der Waals surface area contributed by atoms with E-state index in [1.165, 1.54) is 12.1 Å². The molecule has 0 radical (unpaired) electrons. The fourth-order valence-corrected chi connectivity index (χ4v) is 0.935. The number of carbonyl (C=O) groups is 2. The summed E-state index contributed by atoms with van der Waals surface area (Å²) in [4.78, 5) is 21.7. The Labute approximate surface area is 85.4 Å². The van der Waals surface area contributed by atoms with Gasteiger partial charge in [-0.2, -0.15) is 0 Å². The summed E-state index contributed by atoms with van der Waals surface area (Å²) in [5, 5.41) is 9.11. The number of esters is 1. The Hall–Kier alpha value is -2.24. The molecule has 0 fully saturated rings. The van der Waals surface area contributed by atoms with Gasteiger partial charge in [0.15, 0.2) is 6.61 Å². The number of nitrogen functional groups attached to an aromatic ring is 1. The number of phenolic OH excluding ortho intramolecular Hbond substituents is 1. The standard InChI is InChI=1S/C9H10N2O4/c10-7-2-1-5(12)3-6(7)9(14)15-4-8(11)13/h1-3,12H,4,10H2,(H2,11,13). The molecule has 1 aromatic carbocycles. The lowest BCUT2D eigenvalue weighted by molar-refractivity contribution is -0.121. The highest BCUT2D eigenvalue weighted by Crippen LogP contribution is 2.19. The van der Waals surface area contributed by atoms with Crippen molar-refractivity contribution in [3.8, 4) is 5.75 Å². The molecule has 0 spiro atoms. The van der Waals surface area contributed by atoms with Crippen LogP contribution in [0.4, 0.5) is 5.69 Å². The van der Waals surface area contributed by atoms with Crippen molar-refractivity contribution >= 4 is 17.6 Å². The van der Waals surface area contributed by atoms with Crippen molar-refractivity contribution in [1.82, 2.24) is 0 Å². The zero-order chi connectivity index (χ0) is 11.4. The van der Waals surface area contributed by atoms with Crippen molar-refractivity contribution in [3.05, 3.63) is 23.8 Å². The molecule has 6 nitrogen and oxygen atoms in total. The number of carbonyl (C=O) groups excluding carboxylic acids is 2. The van der Waals surface area contributed by atoms with Gasteiger partial charge in [0.2, 0.25) is 0 Å². The molecule has 15 heavy (non-hydrogen) atoms. The summed E-state index contributed by atoms with van der Waals surface area (Å²) < 4.78 is 4.52. The van der Waals surface area contributed by atoms with Crippen LogP contribution in [0.5, 0.6) is 5.75 Å². The van der Waals surface area contributed by atoms with E-state index in [2.05, 4.69) is 4.74 Å². The Morgan fingerprint density at radius 1 is 1.40 bits per heavy atom. The van der Waals surface area contributed by atoms with E-state index in [0.29, 0.717) is 0 Å². The Morgan fingerprint density at radius 3 is 2.67 bits per heavy atom. The normalized spacial score (nSPS) is 9.60. The third-order valence-corrected chi connectivity index (χ3v) is 1.60. The lowest BCUT2D eigenvalue weighted by atomic mass is 10.2. The van der Waals surface area contributed by atoms with Crippen molar-refractivity contribution in [3.63, 3.8) is 0 Å². The van der Waals surface area contributed by atoms with Crippen molar-refractivity contribution in [2.45, 2.75) is 0 Å². The number of ether oxygens (including phenoxy) is 1. The highest BCUT2D eigenvalue weighted by atomic mass is 16.5. The minimum atomic E-state index is -0.804. The predicted molar refractivity (Wildman–Crippen MR) is 52.0 cm³/mol. The lowest BCUT2D eigenvalue weighted by Crippen LogP contribution is -2.21. The van der Waals surface area contributed by atoms with E-state index in [1.54, 1.807) is 0 Å². The molecule has 0 aliphatic carbocycles. The average Bonchev–Trinajstić information content (AvgIpc) is 2.18. The number of hydrogen-bond acceptors (Lipinski definition) is 5. The number of phenols is 1. The van der Waals surface area contributed by atoms with Crippen LogP contribution in [-0.4, -0.2) is 23.6 Å². The van der Waals surface area contributed by atoms with Gasteiger partial charge in [-0.15, -0.1) is 0 Å². The highest BCUT2D eigenvalue weighted by Gasteiger charge is 2.12. The molecule has 0 aromatic heterocycles. The number of aromatic hydroxyl groups is 1. The van der Waals surface area contributed by atoms with Gasteiger partial charge in [0.1, 0.15) is 5.75 Å². The van der Waals surface area contributed by atoms with Crippen LogP contribution >= 0.6 is 0 Å². The van der Waals surface area contributed by atoms with Crippen molar-refractivity contribution in [2.75, 3.05) is 12.3 Å². The van der Waals surface area contributed by atoms with E-state index < -0.39 is 18.5 Å². The largest absolute Gasteiger partial charge is 0.508 e. The van der Waals surface area contributed by atoms with E-state index in [1.807, 2.05) is 0 Å². The number of anilines is 1. The molecule has 0 saturated carbocycles. The maximum absolute atomic E-state index is 11.3. The zero-order valence-electron chi connectivity index (χ0n) is 7.77. The summed E-state index contributed by atoms with van der Waals surface area (Å²) in [5.41, 5.74) is 10.4. The minimum absolute atomic E-state index is 0.00347. The first-order chi connectivity index (χ1) is 7.00. The van der Waals surface area contributed by atoms with Crippen LogP contribution in [0.3, 0.4) is 0 Å². The molecule has 6 heteroatoms. The van der Waals surface area contributed by atoms with Crippen LogP contribution in [0.15, 0.2) is 18.2 Å². The summed E-state index contributed by atoms with van der Waals surface area (Å²) in [6.07, 6.45) is 0. The van der Waals surface area contributed by atoms with E-state index >= 15 is 0 Å². The number of primary amides is 1. The van der Waals surface area contributed by atoms with Crippen LogP contribution in [0, 0.1) is 0 Å². The molecule has 0 saturated heterocycles. The first-order valence-corrected chi connectivity index (χ1v) is 4.04. The summed E-state index contributed by atoms with van der Waals surface area (Å²) >= 11 is 0. The lowest BCUT2D eigenvalue weighted by Gasteiger charge is -2.05. The number of nitrogens with two attached hydrogens (primary N) is 2. The molecule has 80 valence electrons. The number of amides is 1. The van der Waals surface area contributed by atoms with Gasteiger partial charge in [0, 0.05) is 5.69 Å². The summed E-state index contributed by atoms with van der Waals surface area (Å²) in [6.45, 7) is -0.520. The summed E-state index contributed by atoms with van der Waals surface area (Å²) in [7, 11) is 0. The van der Waals surface area contributed by atoms with Crippen LogP contribution in [0.25, 0.3) is 0 Å². The molecule has 1 rings (SSSR count). The van der Waals surface area contributed by atoms with E-state index in [4.69, 9.17) is 16.6 Å². The van der Waals surface area contributed by atoms with Gasteiger partial charge in [0.05, 0.1) is 5.56 Å². The number of rotatable bonds is 3. The summed E-state index contributed by atoms with van der Waals surface area (Å²) in [5.74, 6) is -1.68. The molecule has 1 aromatic rings. The first-order valence-electron chi connectivity index (χ1n) is 4.04. The molecule has 5 N–H and O–H groups in total. The second-order valence-electron chi connectivity index (χ2n) is 2.81. The van der Waals surface area contributed by atoms with Gasteiger partial charge in [-0.3, -0.25) is 4.79 Å².